The molecule has 0 radical (unpaired) electrons. The molecule has 10 nitrogen and oxygen atoms in total. The first kappa shape index (κ1) is 42.6. The molecule has 2 aliphatic carbocycles. The van der Waals surface area contributed by atoms with Gasteiger partial charge in [-0.05, 0) is 125 Å². The number of hydrogen-bond acceptors (Lipinski definition) is 8. The normalized spacial score (nSPS) is 19.1. The summed E-state index contributed by atoms with van der Waals surface area (Å²) in [5.74, 6) is -0.653. The molecule has 4 aromatic rings. The molecule has 2 saturated heterocycles. The first-order valence-corrected chi connectivity index (χ1v) is 21.5. The minimum Gasteiger partial charge on any atom is -0.355 e. The third kappa shape index (κ3) is 12.0. The van der Waals surface area contributed by atoms with E-state index in [0.29, 0.717) is 24.9 Å². The molecular weight excluding hydrogens is 765 g/mol. The summed E-state index contributed by atoms with van der Waals surface area (Å²) in [6, 6.07) is 9.14. The molecule has 2 aromatic carbocycles. The Kier molecular flexibility index (Phi) is 14.9. The van der Waals surface area contributed by atoms with Crippen molar-refractivity contribution in [2.75, 3.05) is 52.4 Å². The quantitative estimate of drug-likeness (QED) is 0.136. The number of nitrogens with zero attached hydrogens (tertiary/aromatic N) is 4. The number of amides is 2. The van der Waals surface area contributed by atoms with E-state index in [1.165, 1.54) is 95.1 Å². The van der Waals surface area contributed by atoms with Crippen molar-refractivity contribution in [2.24, 2.45) is 23.7 Å². The lowest BCUT2D eigenvalue weighted by molar-refractivity contribution is 0.0915. The van der Waals surface area contributed by atoms with Gasteiger partial charge >= 0.3 is 0 Å². The van der Waals surface area contributed by atoms with Crippen molar-refractivity contribution in [3.8, 4) is 22.6 Å². The molecule has 2 aromatic heterocycles. The number of piperidine rings is 2. The SMILES string of the molecule is O=C(NCC1CCN(CC2CCCC2)CC1)c1cc(-c2ccc(F)cc2F)on1.O=C(NCC1CCN(CC2CCCCC2)CC1)c1cc(-c2ccc(F)cc2F)on1. The number of benzene rings is 2. The molecule has 2 saturated carbocycles. The molecule has 2 aliphatic heterocycles. The van der Waals surface area contributed by atoms with Gasteiger partial charge in [-0.25, -0.2) is 17.6 Å². The Balaban J connectivity index is 0.000000179. The number of carbonyl (C=O) groups is 2. The topological polar surface area (TPSA) is 117 Å². The monoisotopic (exact) mass is 820 g/mol. The van der Waals surface area contributed by atoms with E-state index in [9.17, 15) is 27.2 Å². The number of nitrogens with one attached hydrogen (secondary N) is 2. The minimum atomic E-state index is -0.752. The van der Waals surface area contributed by atoms with E-state index in [1.807, 2.05) is 0 Å². The van der Waals surface area contributed by atoms with Crippen LogP contribution in [0.2, 0.25) is 0 Å². The molecule has 0 atom stereocenters. The molecule has 8 rings (SSSR count). The van der Waals surface area contributed by atoms with Crippen molar-refractivity contribution in [2.45, 2.75) is 83.5 Å². The predicted molar refractivity (Wildman–Crippen MR) is 215 cm³/mol. The largest absolute Gasteiger partial charge is 0.355 e. The van der Waals surface area contributed by atoms with E-state index in [2.05, 4.69) is 30.7 Å². The summed E-state index contributed by atoms with van der Waals surface area (Å²) in [7, 11) is 0. The van der Waals surface area contributed by atoms with E-state index < -0.39 is 23.3 Å². The zero-order chi connectivity index (χ0) is 41.1. The summed E-state index contributed by atoms with van der Waals surface area (Å²) in [5.41, 5.74) is 0.353. The molecular formula is C45H56F4N6O4. The van der Waals surface area contributed by atoms with Gasteiger partial charge in [0, 0.05) is 50.4 Å². The molecule has 2 N–H and O–H groups in total. The minimum absolute atomic E-state index is 0.0765. The third-order valence-corrected chi connectivity index (χ3v) is 12.6. The molecule has 0 unspecified atom stereocenters. The Bertz CT molecular complexity index is 1980. The van der Waals surface area contributed by atoms with E-state index in [-0.39, 0.29) is 45.8 Å². The van der Waals surface area contributed by atoms with Gasteiger partial charge in [0.1, 0.15) is 23.3 Å². The third-order valence-electron chi connectivity index (χ3n) is 12.6. The number of likely N-dealkylation sites (tertiary alicyclic amines) is 2. The van der Waals surface area contributed by atoms with Gasteiger partial charge in [0.25, 0.3) is 11.8 Å². The number of hydrogen-bond donors (Lipinski definition) is 2. The summed E-state index contributed by atoms with van der Waals surface area (Å²) in [4.78, 5) is 29.9. The summed E-state index contributed by atoms with van der Waals surface area (Å²) in [5, 5.41) is 13.3. The van der Waals surface area contributed by atoms with Crippen molar-refractivity contribution in [1.82, 2.24) is 30.7 Å². The maximum absolute atomic E-state index is 13.9. The highest BCUT2D eigenvalue weighted by Gasteiger charge is 2.26. The van der Waals surface area contributed by atoms with Crippen LogP contribution < -0.4 is 10.6 Å². The fourth-order valence-electron chi connectivity index (χ4n) is 9.09. The van der Waals surface area contributed by atoms with Gasteiger partial charge in [0.15, 0.2) is 22.9 Å². The molecule has 4 aliphatic rings. The van der Waals surface area contributed by atoms with Gasteiger partial charge in [-0.1, -0.05) is 42.4 Å². The van der Waals surface area contributed by atoms with E-state index >= 15 is 0 Å². The van der Waals surface area contributed by atoms with Gasteiger partial charge in [-0.15, -0.1) is 0 Å². The average Bonchev–Trinajstić information content (AvgIpc) is 4.05. The Labute approximate surface area is 343 Å². The summed E-state index contributed by atoms with van der Waals surface area (Å²) in [6.45, 7) is 8.02. The van der Waals surface area contributed by atoms with E-state index in [4.69, 9.17) is 9.05 Å². The van der Waals surface area contributed by atoms with Crippen LogP contribution in [0.4, 0.5) is 17.6 Å². The highest BCUT2D eigenvalue weighted by Crippen LogP contribution is 2.29. The molecule has 318 valence electrons. The van der Waals surface area contributed by atoms with Crippen LogP contribution in [-0.4, -0.2) is 84.3 Å². The Morgan fingerprint density at radius 2 is 0.932 bits per heavy atom. The van der Waals surface area contributed by atoms with Crippen molar-refractivity contribution < 1.29 is 36.2 Å². The zero-order valence-corrected chi connectivity index (χ0v) is 33.7. The second kappa shape index (κ2) is 20.6. The van der Waals surface area contributed by atoms with Gasteiger partial charge in [0.2, 0.25) is 0 Å². The second-order valence-corrected chi connectivity index (χ2v) is 17.0. The lowest BCUT2D eigenvalue weighted by Crippen LogP contribution is -2.40. The maximum Gasteiger partial charge on any atom is 0.273 e. The molecule has 14 heteroatoms. The molecule has 2 amide bonds. The molecule has 4 heterocycles. The highest BCUT2D eigenvalue weighted by atomic mass is 19.1. The fourth-order valence-corrected chi connectivity index (χ4v) is 9.09. The van der Waals surface area contributed by atoms with Crippen LogP contribution >= 0.6 is 0 Å². The standard InChI is InChI=1S/C23H29F2N3O2.C22H27F2N3O2/c24-18-6-7-19(20(25)12-18)22-13-21(27-30-22)23(29)26-14-16-8-10-28(11-9-16)15-17-4-2-1-3-5-17;23-17-5-6-18(19(24)11-17)21-12-20(26-29-21)22(28)25-13-15-7-9-27(10-8-15)14-16-3-1-2-4-16/h6-7,12-13,16-17H,1-5,8-11,14-15H2,(H,26,29);5-6,11-12,15-16H,1-4,7-10,13-14H2,(H,25,28). The lowest BCUT2D eigenvalue weighted by Gasteiger charge is -2.35. The lowest BCUT2D eigenvalue weighted by atomic mass is 9.88. The Morgan fingerprint density at radius 3 is 1.32 bits per heavy atom. The summed E-state index contributed by atoms with van der Waals surface area (Å²) >= 11 is 0. The Morgan fingerprint density at radius 1 is 0.542 bits per heavy atom. The first-order valence-electron chi connectivity index (χ1n) is 21.5. The van der Waals surface area contributed by atoms with Crippen molar-refractivity contribution >= 4 is 11.8 Å². The van der Waals surface area contributed by atoms with Gasteiger partial charge < -0.3 is 29.5 Å². The van der Waals surface area contributed by atoms with Gasteiger partial charge in [0.05, 0.1) is 11.1 Å². The number of aromatic nitrogens is 2. The van der Waals surface area contributed by atoms with Gasteiger partial charge in [-0.2, -0.15) is 0 Å². The molecule has 0 spiro atoms. The summed E-state index contributed by atoms with van der Waals surface area (Å²) < 4.78 is 64.0. The number of rotatable bonds is 12. The first-order chi connectivity index (χ1) is 28.7. The smallest absolute Gasteiger partial charge is 0.273 e. The average molecular weight is 821 g/mol. The fraction of sp³-hybridized carbons (Fsp3) is 0.556. The van der Waals surface area contributed by atoms with E-state index in [1.54, 1.807) is 0 Å². The van der Waals surface area contributed by atoms with Crippen LogP contribution in [0.15, 0.2) is 57.6 Å². The van der Waals surface area contributed by atoms with E-state index in [0.717, 1.165) is 88.0 Å². The summed E-state index contributed by atoms with van der Waals surface area (Å²) in [6.07, 6.45) is 16.7. The highest BCUT2D eigenvalue weighted by molar-refractivity contribution is 5.93. The molecule has 0 bridgehead atoms. The van der Waals surface area contributed by atoms with Crippen LogP contribution in [0, 0.1) is 46.9 Å². The van der Waals surface area contributed by atoms with Crippen molar-refractivity contribution in [3.05, 3.63) is 83.2 Å². The predicted octanol–water partition coefficient (Wildman–Crippen LogP) is 8.89. The Hall–Kier alpha value is -4.56. The second-order valence-electron chi connectivity index (χ2n) is 17.0. The van der Waals surface area contributed by atoms with Crippen LogP contribution in [0.1, 0.15) is 104 Å². The van der Waals surface area contributed by atoms with Crippen LogP contribution in [0.3, 0.4) is 0 Å². The maximum atomic E-state index is 13.9. The molecule has 4 fully saturated rings. The number of halogens is 4. The van der Waals surface area contributed by atoms with Gasteiger partial charge in [-0.3, -0.25) is 9.59 Å². The van der Waals surface area contributed by atoms with Crippen LogP contribution in [0.25, 0.3) is 22.6 Å². The van der Waals surface area contributed by atoms with Crippen molar-refractivity contribution in [3.63, 3.8) is 0 Å². The number of carbonyl (C=O) groups excluding carboxylic acids is 2. The zero-order valence-electron chi connectivity index (χ0n) is 33.7. The molecule has 59 heavy (non-hydrogen) atoms. The van der Waals surface area contributed by atoms with Crippen molar-refractivity contribution in [1.29, 1.82) is 0 Å². The van der Waals surface area contributed by atoms with Crippen LogP contribution in [-0.2, 0) is 0 Å². The van der Waals surface area contributed by atoms with Crippen LogP contribution in [0.5, 0.6) is 0 Å².